The number of rotatable bonds is 3. The van der Waals surface area contributed by atoms with E-state index in [1.54, 1.807) is 6.20 Å². The van der Waals surface area contributed by atoms with Gasteiger partial charge in [-0.3, -0.25) is 0 Å². The predicted octanol–water partition coefficient (Wildman–Crippen LogP) is 3.23. The Balaban J connectivity index is 2.58. The molecule has 0 saturated heterocycles. The van der Waals surface area contributed by atoms with Gasteiger partial charge >= 0.3 is 0 Å². The van der Waals surface area contributed by atoms with Crippen LogP contribution >= 0.6 is 22.6 Å². The van der Waals surface area contributed by atoms with Crippen molar-refractivity contribution in [1.82, 2.24) is 19.5 Å². The molecule has 0 bridgehead atoms. The Bertz CT molecular complexity index is 613. The van der Waals surface area contributed by atoms with Crippen LogP contribution in [0.5, 0.6) is 0 Å². The zero-order chi connectivity index (χ0) is 14.9. The Morgan fingerprint density at radius 3 is 2.60 bits per heavy atom. The minimum Gasteiger partial charge on any atom is -0.383 e. The second kappa shape index (κ2) is 5.67. The van der Waals surface area contributed by atoms with E-state index < -0.39 is 0 Å². The van der Waals surface area contributed by atoms with E-state index in [-0.39, 0.29) is 5.41 Å². The molecule has 0 unspecified atom stereocenters. The lowest BCUT2D eigenvalue weighted by molar-refractivity contribution is 0.563. The molecule has 2 aromatic heterocycles. The second-order valence-electron chi connectivity index (χ2n) is 5.82. The van der Waals surface area contributed by atoms with Crippen molar-refractivity contribution >= 4 is 28.4 Å². The predicted molar refractivity (Wildman–Crippen MR) is 89.4 cm³/mol. The van der Waals surface area contributed by atoms with Crippen LogP contribution < -0.4 is 5.73 Å². The van der Waals surface area contributed by atoms with Gasteiger partial charge in [-0.15, -0.1) is 0 Å². The average Bonchev–Trinajstić information content (AvgIpc) is 2.79. The first kappa shape index (κ1) is 15.2. The van der Waals surface area contributed by atoms with Crippen molar-refractivity contribution in [3.8, 4) is 11.5 Å². The normalized spacial score (nSPS) is 11.8. The maximum absolute atomic E-state index is 6.06. The standard InChI is InChI=1S/C14H20IN5/c1-5-6-20-8-17-7-9(20)13-18-11(14(2,3)4)10(15)12(16)19-13/h7-8H,5-6H2,1-4H3,(H2,16,18,19). The molecule has 6 heteroatoms. The first-order valence-electron chi connectivity index (χ1n) is 6.68. The molecular weight excluding hydrogens is 365 g/mol. The molecule has 0 spiro atoms. The minimum absolute atomic E-state index is 0.0715. The zero-order valence-electron chi connectivity index (χ0n) is 12.3. The Labute approximate surface area is 133 Å². The molecule has 2 heterocycles. The Morgan fingerprint density at radius 2 is 2.00 bits per heavy atom. The topological polar surface area (TPSA) is 69.6 Å². The van der Waals surface area contributed by atoms with Gasteiger partial charge in [-0.05, 0) is 29.0 Å². The summed E-state index contributed by atoms with van der Waals surface area (Å²) >= 11 is 2.22. The third-order valence-electron chi connectivity index (χ3n) is 2.99. The number of halogens is 1. The molecule has 0 aliphatic carbocycles. The van der Waals surface area contributed by atoms with Gasteiger partial charge in [-0.25, -0.2) is 15.0 Å². The van der Waals surface area contributed by atoms with Crippen molar-refractivity contribution in [2.75, 3.05) is 5.73 Å². The van der Waals surface area contributed by atoms with Crippen LogP contribution in [0.3, 0.4) is 0 Å². The summed E-state index contributed by atoms with van der Waals surface area (Å²) in [7, 11) is 0. The van der Waals surface area contributed by atoms with Gasteiger partial charge in [-0.1, -0.05) is 27.7 Å². The lowest BCUT2D eigenvalue weighted by Crippen LogP contribution is -2.19. The molecular formula is C14H20IN5. The fourth-order valence-corrected chi connectivity index (χ4v) is 3.05. The van der Waals surface area contributed by atoms with Crippen LogP contribution in [-0.2, 0) is 12.0 Å². The zero-order valence-corrected chi connectivity index (χ0v) is 14.5. The molecule has 0 aliphatic heterocycles. The summed E-state index contributed by atoms with van der Waals surface area (Å²) in [6, 6.07) is 0. The number of hydrogen-bond acceptors (Lipinski definition) is 4. The van der Waals surface area contributed by atoms with Crippen LogP contribution in [-0.4, -0.2) is 19.5 Å². The molecule has 0 atom stereocenters. The van der Waals surface area contributed by atoms with Crippen molar-refractivity contribution in [3.63, 3.8) is 0 Å². The fourth-order valence-electron chi connectivity index (χ4n) is 2.00. The summed E-state index contributed by atoms with van der Waals surface area (Å²) in [6.07, 6.45) is 4.65. The molecule has 0 fully saturated rings. The van der Waals surface area contributed by atoms with Gasteiger partial charge in [0.15, 0.2) is 5.82 Å². The molecule has 0 saturated carbocycles. The molecule has 0 aliphatic rings. The van der Waals surface area contributed by atoms with Crippen molar-refractivity contribution in [2.45, 2.75) is 46.1 Å². The Kier molecular flexibility index (Phi) is 4.31. The lowest BCUT2D eigenvalue weighted by Gasteiger charge is -2.21. The number of hydrogen-bond donors (Lipinski definition) is 1. The highest BCUT2D eigenvalue weighted by Gasteiger charge is 2.23. The van der Waals surface area contributed by atoms with Gasteiger partial charge in [0, 0.05) is 12.0 Å². The van der Waals surface area contributed by atoms with Gasteiger partial charge in [-0.2, -0.15) is 0 Å². The van der Waals surface area contributed by atoms with Gasteiger partial charge in [0.05, 0.1) is 21.8 Å². The number of aryl methyl sites for hydroxylation is 1. The minimum atomic E-state index is -0.0715. The molecule has 0 aromatic carbocycles. The Hall–Kier alpha value is -1.18. The highest BCUT2D eigenvalue weighted by Crippen LogP contribution is 2.30. The van der Waals surface area contributed by atoms with E-state index in [0.717, 1.165) is 27.9 Å². The monoisotopic (exact) mass is 385 g/mol. The third kappa shape index (κ3) is 2.94. The van der Waals surface area contributed by atoms with Crippen LogP contribution in [0.15, 0.2) is 12.5 Å². The molecule has 5 nitrogen and oxygen atoms in total. The number of nitrogens with zero attached hydrogens (tertiary/aromatic N) is 4. The summed E-state index contributed by atoms with van der Waals surface area (Å²) in [4.78, 5) is 13.4. The van der Waals surface area contributed by atoms with Crippen LogP contribution in [0.1, 0.15) is 39.8 Å². The molecule has 2 rings (SSSR count). The summed E-state index contributed by atoms with van der Waals surface area (Å²) in [5.41, 5.74) is 7.88. The second-order valence-corrected chi connectivity index (χ2v) is 6.90. The van der Waals surface area contributed by atoms with E-state index in [9.17, 15) is 0 Å². The van der Waals surface area contributed by atoms with Gasteiger partial charge < -0.3 is 10.3 Å². The van der Waals surface area contributed by atoms with E-state index in [2.05, 4.69) is 64.8 Å². The maximum Gasteiger partial charge on any atom is 0.180 e. The van der Waals surface area contributed by atoms with Gasteiger partial charge in [0.25, 0.3) is 0 Å². The molecule has 20 heavy (non-hydrogen) atoms. The Morgan fingerprint density at radius 1 is 1.30 bits per heavy atom. The summed E-state index contributed by atoms with van der Waals surface area (Å²) in [5, 5.41) is 0. The number of nitrogen functional groups attached to an aromatic ring is 1. The van der Waals surface area contributed by atoms with Crippen molar-refractivity contribution in [2.24, 2.45) is 0 Å². The third-order valence-corrected chi connectivity index (χ3v) is 4.06. The maximum atomic E-state index is 6.06. The van der Waals surface area contributed by atoms with E-state index in [0.29, 0.717) is 11.6 Å². The first-order chi connectivity index (χ1) is 9.34. The number of imidazole rings is 1. The fraction of sp³-hybridized carbons (Fsp3) is 0.500. The largest absolute Gasteiger partial charge is 0.383 e. The highest BCUT2D eigenvalue weighted by atomic mass is 127. The number of anilines is 1. The van der Waals surface area contributed by atoms with Crippen LogP contribution in [0.2, 0.25) is 0 Å². The van der Waals surface area contributed by atoms with Crippen LogP contribution in [0.4, 0.5) is 5.82 Å². The molecule has 108 valence electrons. The quantitative estimate of drug-likeness (QED) is 0.824. The molecule has 0 amide bonds. The number of nitrogens with two attached hydrogens (primary N) is 1. The van der Waals surface area contributed by atoms with E-state index in [1.165, 1.54) is 0 Å². The lowest BCUT2D eigenvalue weighted by atomic mass is 9.92. The average molecular weight is 385 g/mol. The van der Waals surface area contributed by atoms with Crippen molar-refractivity contribution < 1.29 is 0 Å². The van der Waals surface area contributed by atoms with E-state index >= 15 is 0 Å². The van der Waals surface area contributed by atoms with Crippen molar-refractivity contribution in [1.29, 1.82) is 0 Å². The molecule has 2 aromatic rings. The van der Waals surface area contributed by atoms with Crippen molar-refractivity contribution in [3.05, 3.63) is 21.8 Å². The summed E-state index contributed by atoms with van der Waals surface area (Å²) < 4.78 is 2.99. The molecule has 2 N–H and O–H groups in total. The van der Waals surface area contributed by atoms with Gasteiger partial charge in [0.1, 0.15) is 11.5 Å². The van der Waals surface area contributed by atoms with Crippen LogP contribution in [0, 0.1) is 3.57 Å². The molecule has 0 radical (unpaired) electrons. The summed E-state index contributed by atoms with van der Waals surface area (Å²) in [5.74, 6) is 1.18. The SMILES string of the molecule is CCCn1cncc1-c1nc(N)c(I)c(C(C)(C)C)n1. The smallest absolute Gasteiger partial charge is 0.180 e. The summed E-state index contributed by atoms with van der Waals surface area (Å²) in [6.45, 7) is 9.42. The van der Waals surface area contributed by atoms with E-state index in [4.69, 9.17) is 10.7 Å². The van der Waals surface area contributed by atoms with E-state index in [1.807, 2.05) is 6.33 Å². The van der Waals surface area contributed by atoms with Gasteiger partial charge in [0.2, 0.25) is 0 Å². The highest BCUT2D eigenvalue weighted by molar-refractivity contribution is 14.1. The first-order valence-corrected chi connectivity index (χ1v) is 7.76. The number of aromatic nitrogens is 4. The van der Waals surface area contributed by atoms with Crippen LogP contribution in [0.25, 0.3) is 11.5 Å².